The number of rotatable bonds is 21. The van der Waals surface area contributed by atoms with Gasteiger partial charge in [-0.05, 0) is 42.8 Å². The minimum Gasteiger partial charge on any atom is -0.251 e. The Morgan fingerprint density at radius 2 is 0.971 bits per heavy atom. The standard InChI is InChI=1S/C32H66FPSi/c1-5-34(31-27-23-19-16-17-20-24-28-31)32(35(2,3)4)29-25-21-15-13-11-9-7-6-8-10-12-14-18-22-26-30-33/h31-32H,5-30H2,1-4H3. The van der Waals surface area contributed by atoms with E-state index in [4.69, 9.17) is 0 Å². The number of hydrogen-bond acceptors (Lipinski definition) is 0. The molecule has 3 heteroatoms. The van der Waals surface area contributed by atoms with Gasteiger partial charge in [-0.25, -0.2) is 0 Å². The van der Waals surface area contributed by atoms with Gasteiger partial charge in [0.05, 0.1) is 14.7 Å². The summed E-state index contributed by atoms with van der Waals surface area (Å²) in [5, 5.41) is 1.11. The second kappa shape index (κ2) is 22.6. The Labute approximate surface area is 224 Å². The number of alkyl halides is 1. The molecule has 0 nitrogen and oxygen atoms in total. The molecule has 2 unspecified atom stereocenters. The van der Waals surface area contributed by atoms with Gasteiger partial charge in [0.1, 0.15) is 0 Å². The molecule has 0 aliphatic heterocycles. The van der Waals surface area contributed by atoms with Crippen LogP contribution in [0.3, 0.4) is 0 Å². The molecule has 0 radical (unpaired) electrons. The molecule has 0 heterocycles. The largest absolute Gasteiger partial charge is 0.251 e. The Morgan fingerprint density at radius 3 is 1.34 bits per heavy atom. The summed E-state index contributed by atoms with van der Waals surface area (Å²) < 4.78 is 12.1. The molecular weight excluding hydrogens is 462 g/mol. The first-order valence-corrected chi connectivity index (χ1v) is 21.6. The first kappa shape index (κ1) is 33.6. The van der Waals surface area contributed by atoms with E-state index < -0.39 is 8.07 Å². The van der Waals surface area contributed by atoms with E-state index in [9.17, 15) is 4.39 Å². The molecule has 210 valence electrons. The lowest BCUT2D eigenvalue weighted by Gasteiger charge is -2.41. The summed E-state index contributed by atoms with van der Waals surface area (Å²) in [6.07, 6.45) is 35.6. The average molecular weight is 529 g/mol. The maximum atomic E-state index is 12.1. The van der Waals surface area contributed by atoms with Crippen LogP contribution in [0.5, 0.6) is 0 Å². The fraction of sp³-hybridized carbons (Fsp3) is 1.00. The second-order valence-corrected chi connectivity index (χ2v) is 21.8. The number of unbranched alkanes of at least 4 members (excludes halogenated alkanes) is 14. The summed E-state index contributed by atoms with van der Waals surface area (Å²) in [5.41, 5.74) is 1.09. The van der Waals surface area contributed by atoms with E-state index in [0.717, 1.165) is 23.8 Å². The Bertz CT molecular complexity index is 439. The minimum absolute atomic E-state index is 0.126. The highest BCUT2D eigenvalue weighted by molar-refractivity contribution is 7.62. The Kier molecular flexibility index (Phi) is 21.7. The zero-order valence-corrected chi connectivity index (χ0v) is 26.8. The SMILES string of the molecule is CCP(C1CCCCCCCC1)C(CCCCCCCCCCCCCCCCCF)[Si](C)(C)C. The van der Waals surface area contributed by atoms with Crippen molar-refractivity contribution < 1.29 is 4.39 Å². The topological polar surface area (TPSA) is 0 Å². The lowest BCUT2D eigenvalue weighted by Crippen LogP contribution is -2.39. The number of halogens is 1. The zero-order chi connectivity index (χ0) is 25.6. The van der Waals surface area contributed by atoms with Crippen LogP contribution >= 0.6 is 7.92 Å². The highest BCUT2D eigenvalue weighted by Crippen LogP contribution is 2.54. The lowest BCUT2D eigenvalue weighted by molar-refractivity contribution is 0.448. The highest BCUT2D eigenvalue weighted by Gasteiger charge is 2.35. The van der Waals surface area contributed by atoms with E-state index >= 15 is 0 Å². The van der Waals surface area contributed by atoms with Crippen molar-refractivity contribution >= 4 is 16.0 Å². The molecule has 35 heavy (non-hydrogen) atoms. The molecule has 1 aliphatic rings. The Balaban J connectivity index is 2.15. The van der Waals surface area contributed by atoms with Crippen LogP contribution in [0.15, 0.2) is 0 Å². The van der Waals surface area contributed by atoms with Gasteiger partial charge in [-0.3, -0.25) is 4.39 Å². The van der Waals surface area contributed by atoms with E-state index in [1.165, 1.54) is 128 Å². The predicted octanol–water partition coefficient (Wildman–Crippen LogP) is 12.4. The van der Waals surface area contributed by atoms with Crippen molar-refractivity contribution in [3.8, 4) is 0 Å². The maximum Gasteiger partial charge on any atom is 0.0894 e. The van der Waals surface area contributed by atoms with Crippen molar-refractivity contribution in [2.24, 2.45) is 0 Å². The second-order valence-electron chi connectivity index (χ2n) is 12.8. The fourth-order valence-corrected chi connectivity index (χ4v) is 15.7. The highest BCUT2D eigenvalue weighted by atomic mass is 31.1. The molecule has 0 spiro atoms. The van der Waals surface area contributed by atoms with Crippen molar-refractivity contribution in [1.29, 1.82) is 0 Å². The first-order valence-electron chi connectivity index (χ1n) is 16.3. The van der Waals surface area contributed by atoms with Crippen molar-refractivity contribution in [1.82, 2.24) is 0 Å². The van der Waals surface area contributed by atoms with Gasteiger partial charge in [-0.2, -0.15) is 0 Å². The third-order valence-electron chi connectivity index (χ3n) is 8.67. The summed E-state index contributed by atoms with van der Waals surface area (Å²) in [6.45, 7) is 10.5. The van der Waals surface area contributed by atoms with Crippen molar-refractivity contribution in [2.45, 2.75) is 192 Å². The van der Waals surface area contributed by atoms with Crippen LogP contribution in [0.2, 0.25) is 19.6 Å². The molecule has 0 amide bonds. The molecule has 0 aromatic heterocycles. The molecule has 0 aromatic rings. The average Bonchev–Trinajstić information content (AvgIpc) is 2.96. The zero-order valence-electron chi connectivity index (χ0n) is 24.9. The molecule has 1 saturated carbocycles. The summed E-state index contributed by atoms with van der Waals surface area (Å²) >= 11 is 0. The Morgan fingerprint density at radius 1 is 0.600 bits per heavy atom. The summed E-state index contributed by atoms with van der Waals surface area (Å²) in [7, 11) is -0.857. The molecular formula is C32H66FPSi. The van der Waals surface area contributed by atoms with Gasteiger partial charge in [-0.1, -0.05) is 155 Å². The van der Waals surface area contributed by atoms with Gasteiger partial charge < -0.3 is 0 Å². The summed E-state index contributed by atoms with van der Waals surface area (Å²) in [5.74, 6) is 0. The van der Waals surface area contributed by atoms with E-state index in [1.54, 1.807) is 19.3 Å². The third-order valence-corrected chi connectivity index (χ3v) is 17.5. The molecule has 0 saturated heterocycles. The quantitative estimate of drug-likeness (QED) is 0.0789. The fourth-order valence-electron chi connectivity index (χ4n) is 6.50. The van der Waals surface area contributed by atoms with Gasteiger partial charge in [0.15, 0.2) is 0 Å². The number of hydrogen-bond donors (Lipinski definition) is 0. The summed E-state index contributed by atoms with van der Waals surface area (Å²) in [6, 6.07) is 0. The Hall–Kier alpha value is 0.577. The molecule has 1 fully saturated rings. The molecule has 1 rings (SSSR count). The van der Waals surface area contributed by atoms with Crippen LogP contribution in [-0.2, 0) is 0 Å². The van der Waals surface area contributed by atoms with Crippen molar-refractivity contribution in [3.05, 3.63) is 0 Å². The lowest BCUT2D eigenvalue weighted by atomic mass is 10.0. The third kappa shape index (κ3) is 17.7. The van der Waals surface area contributed by atoms with E-state index in [0.29, 0.717) is 0 Å². The monoisotopic (exact) mass is 528 g/mol. The van der Waals surface area contributed by atoms with Gasteiger partial charge in [-0.15, -0.1) is 7.92 Å². The minimum atomic E-state index is -1.09. The van der Waals surface area contributed by atoms with Crippen LogP contribution < -0.4 is 0 Å². The van der Waals surface area contributed by atoms with Gasteiger partial charge in [0.2, 0.25) is 0 Å². The predicted molar refractivity (Wildman–Crippen MR) is 165 cm³/mol. The van der Waals surface area contributed by atoms with Gasteiger partial charge in [0.25, 0.3) is 0 Å². The molecule has 2 atom stereocenters. The molecule has 0 bridgehead atoms. The normalized spacial score (nSPS) is 18.1. The van der Waals surface area contributed by atoms with Crippen LogP contribution in [0, 0.1) is 0 Å². The van der Waals surface area contributed by atoms with Crippen LogP contribution in [0.4, 0.5) is 4.39 Å². The van der Waals surface area contributed by atoms with Gasteiger partial charge >= 0.3 is 0 Å². The van der Waals surface area contributed by atoms with E-state index in [-0.39, 0.29) is 14.6 Å². The van der Waals surface area contributed by atoms with Crippen LogP contribution in [0.25, 0.3) is 0 Å². The van der Waals surface area contributed by atoms with E-state index in [1.807, 2.05) is 0 Å². The van der Waals surface area contributed by atoms with Crippen molar-refractivity contribution in [2.75, 3.05) is 12.8 Å². The van der Waals surface area contributed by atoms with Crippen LogP contribution in [0.1, 0.15) is 161 Å². The van der Waals surface area contributed by atoms with Crippen molar-refractivity contribution in [3.63, 3.8) is 0 Å². The van der Waals surface area contributed by atoms with E-state index in [2.05, 4.69) is 26.6 Å². The van der Waals surface area contributed by atoms with Gasteiger partial charge in [0, 0.05) is 0 Å². The molecule has 0 aromatic carbocycles. The molecule has 0 N–H and O–H groups in total. The molecule has 1 aliphatic carbocycles. The maximum absolute atomic E-state index is 12.1. The smallest absolute Gasteiger partial charge is 0.0894 e. The van der Waals surface area contributed by atoms with Crippen LogP contribution in [-0.4, -0.2) is 31.9 Å². The summed E-state index contributed by atoms with van der Waals surface area (Å²) in [4.78, 5) is 0. The first-order chi connectivity index (χ1) is 17.0.